The third-order valence-electron chi connectivity index (χ3n) is 2.51. The van der Waals surface area contributed by atoms with Crippen molar-refractivity contribution in [1.29, 1.82) is 0 Å². The lowest BCUT2D eigenvalue weighted by Gasteiger charge is -2.03. The van der Waals surface area contributed by atoms with E-state index in [2.05, 4.69) is 6.58 Å². The molecule has 0 radical (unpaired) electrons. The van der Waals surface area contributed by atoms with Crippen LogP contribution < -0.4 is 4.74 Å². The number of benzene rings is 2. The summed E-state index contributed by atoms with van der Waals surface area (Å²) in [5.74, 6) is -1.36. The number of carbonyl (C=O) groups is 2. The van der Waals surface area contributed by atoms with E-state index in [1.807, 2.05) is 6.92 Å². The highest BCUT2D eigenvalue weighted by Gasteiger charge is 2.05. The summed E-state index contributed by atoms with van der Waals surface area (Å²) in [5, 5.41) is 17.7. The molecule has 114 valence electrons. The van der Waals surface area contributed by atoms with Crippen LogP contribution in [0.2, 0.25) is 0 Å². The number of rotatable bonds is 3. The van der Waals surface area contributed by atoms with Crippen LogP contribution in [0, 0.1) is 6.92 Å². The van der Waals surface area contributed by atoms with Crippen LogP contribution >= 0.6 is 0 Å². The Labute approximate surface area is 128 Å². The predicted molar refractivity (Wildman–Crippen MR) is 82.1 cm³/mol. The van der Waals surface area contributed by atoms with Crippen molar-refractivity contribution in [1.82, 2.24) is 0 Å². The first-order chi connectivity index (χ1) is 10.4. The van der Waals surface area contributed by atoms with E-state index in [4.69, 9.17) is 9.84 Å². The molecule has 0 heterocycles. The highest BCUT2D eigenvalue weighted by molar-refractivity contribution is 5.87. The van der Waals surface area contributed by atoms with Crippen molar-refractivity contribution < 1.29 is 24.5 Å². The molecule has 0 saturated carbocycles. The minimum absolute atomic E-state index is 0.0461. The lowest BCUT2D eigenvalue weighted by atomic mass is 10.2. The second-order valence-corrected chi connectivity index (χ2v) is 4.27. The molecule has 22 heavy (non-hydrogen) atoms. The smallest absolute Gasteiger partial charge is 0.335 e. The molecule has 0 spiro atoms. The van der Waals surface area contributed by atoms with Crippen molar-refractivity contribution in [3.8, 4) is 11.5 Å². The second kappa shape index (κ2) is 8.26. The third-order valence-corrected chi connectivity index (χ3v) is 2.51. The van der Waals surface area contributed by atoms with Crippen molar-refractivity contribution >= 4 is 11.9 Å². The standard InChI is InChI=1S/C10H10O3.C7H6O2/c1-3-10(12)13-9-5-4-7(2)6-8(9)11;8-7(9)6-4-2-1-3-5-6/h3-6,11H,1H2,2H3;1-5H,(H,8,9). The van der Waals surface area contributed by atoms with E-state index in [1.54, 1.807) is 36.4 Å². The van der Waals surface area contributed by atoms with Crippen molar-refractivity contribution in [2.75, 3.05) is 0 Å². The average Bonchev–Trinajstić information content (AvgIpc) is 2.51. The van der Waals surface area contributed by atoms with Crippen LogP contribution in [-0.4, -0.2) is 22.2 Å². The number of carbonyl (C=O) groups excluding carboxylic acids is 1. The molecule has 0 aliphatic heterocycles. The van der Waals surface area contributed by atoms with Crippen LogP contribution in [0.15, 0.2) is 61.2 Å². The van der Waals surface area contributed by atoms with Gasteiger partial charge in [-0.05, 0) is 36.8 Å². The maximum atomic E-state index is 10.8. The van der Waals surface area contributed by atoms with E-state index in [0.29, 0.717) is 5.56 Å². The van der Waals surface area contributed by atoms with Crippen LogP contribution in [0.5, 0.6) is 11.5 Å². The SMILES string of the molecule is C=CC(=O)Oc1ccc(C)cc1O.O=C(O)c1ccccc1. The number of carboxylic acids is 1. The monoisotopic (exact) mass is 300 g/mol. The second-order valence-electron chi connectivity index (χ2n) is 4.27. The highest BCUT2D eigenvalue weighted by Crippen LogP contribution is 2.26. The molecule has 2 rings (SSSR count). The van der Waals surface area contributed by atoms with Gasteiger partial charge in [-0.2, -0.15) is 0 Å². The summed E-state index contributed by atoms with van der Waals surface area (Å²) in [7, 11) is 0. The molecule has 0 saturated heterocycles. The lowest BCUT2D eigenvalue weighted by molar-refractivity contribution is -0.129. The number of aryl methyl sites for hydroxylation is 1. The fourth-order valence-corrected chi connectivity index (χ4v) is 1.44. The molecule has 5 nitrogen and oxygen atoms in total. The molecule has 0 amide bonds. The summed E-state index contributed by atoms with van der Waals surface area (Å²) in [4.78, 5) is 21.0. The first-order valence-electron chi connectivity index (χ1n) is 6.36. The fourth-order valence-electron chi connectivity index (χ4n) is 1.44. The Balaban J connectivity index is 0.000000235. The quantitative estimate of drug-likeness (QED) is 0.516. The number of aromatic carboxylic acids is 1. The molecule has 0 unspecified atom stereocenters. The van der Waals surface area contributed by atoms with E-state index < -0.39 is 11.9 Å². The number of ether oxygens (including phenoxy) is 1. The fraction of sp³-hybridized carbons (Fsp3) is 0.0588. The third kappa shape index (κ3) is 5.50. The molecule has 2 aromatic carbocycles. The Bertz CT molecular complexity index is 662. The molecule has 5 heteroatoms. The van der Waals surface area contributed by atoms with Crippen molar-refractivity contribution in [2.24, 2.45) is 0 Å². The van der Waals surface area contributed by atoms with Crippen molar-refractivity contribution in [3.05, 3.63) is 72.3 Å². The van der Waals surface area contributed by atoms with Crippen LogP contribution in [0.4, 0.5) is 0 Å². The van der Waals surface area contributed by atoms with Crippen LogP contribution in [0.1, 0.15) is 15.9 Å². The molecule has 0 aliphatic rings. The van der Waals surface area contributed by atoms with Gasteiger partial charge in [0.2, 0.25) is 0 Å². The molecule has 0 fully saturated rings. The first kappa shape index (κ1) is 17.0. The zero-order chi connectivity index (χ0) is 16.5. The van der Waals surface area contributed by atoms with E-state index >= 15 is 0 Å². The van der Waals surface area contributed by atoms with Gasteiger partial charge in [0.15, 0.2) is 11.5 Å². The Morgan fingerprint density at radius 3 is 2.23 bits per heavy atom. The minimum atomic E-state index is -0.879. The topological polar surface area (TPSA) is 83.8 Å². The number of carboxylic acid groups (broad SMARTS) is 1. The maximum absolute atomic E-state index is 10.8. The molecular weight excluding hydrogens is 284 g/mol. The Morgan fingerprint density at radius 2 is 1.77 bits per heavy atom. The van der Waals surface area contributed by atoms with Gasteiger partial charge in [0.25, 0.3) is 0 Å². The van der Waals surface area contributed by atoms with Crippen LogP contribution in [0.3, 0.4) is 0 Å². The average molecular weight is 300 g/mol. The summed E-state index contributed by atoms with van der Waals surface area (Å²) in [6, 6.07) is 13.1. The summed E-state index contributed by atoms with van der Waals surface area (Å²) in [6.45, 7) is 5.08. The summed E-state index contributed by atoms with van der Waals surface area (Å²) >= 11 is 0. The number of aromatic hydroxyl groups is 1. The Morgan fingerprint density at radius 1 is 1.14 bits per heavy atom. The molecule has 2 N–H and O–H groups in total. The number of esters is 1. The van der Waals surface area contributed by atoms with Gasteiger partial charge in [0, 0.05) is 6.08 Å². The van der Waals surface area contributed by atoms with Gasteiger partial charge in [0.05, 0.1) is 5.56 Å². The zero-order valence-electron chi connectivity index (χ0n) is 12.0. The van der Waals surface area contributed by atoms with Gasteiger partial charge in [0.1, 0.15) is 0 Å². The normalized spacial score (nSPS) is 9.14. The van der Waals surface area contributed by atoms with Gasteiger partial charge < -0.3 is 14.9 Å². The zero-order valence-corrected chi connectivity index (χ0v) is 12.0. The van der Waals surface area contributed by atoms with Crippen LogP contribution in [0.25, 0.3) is 0 Å². The molecule has 0 aromatic heterocycles. The van der Waals surface area contributed by atoms with E-state index in [-0.39, 0.29) is 11.5 Å². The van der Waals surface area contributed by atoms with Gasteiger partial charge in [-0.15, -0.1) is 0 Å². The van der Waals surface area contributed by atoms with Gasteiger partial charge >= 0.3 is 11.9 Å². The molecule has 0 atom stereocenters. The minimum Gasteiger partial charge on any atom is -0.504 e. The van der Waals surface area contributed by atoms with Crippen LogP contribution in [-0.2, 0) is 4.79 Å². The molecule has 2 aromatic rings. The number of hydrogen-bond donors (Lipinski definition) is 2. The molecule has 0 aliphatic carbocycles. The lowest BCUT2D eigenvalue weighted by Crippen LogP contribution is -2.03. The Kier molecular flexibility index (Phi) is 6.37. The number of phenols is 1. The number of phenolic OH excluding ortho intramolecular Hbond substituents is 1. The van der Waals surface area contributed by atoms with Crippen molar-refractivity contribution in [3.63, 3.8) is 0 Å². The first-order valence-corrected chi connectivity index (χ1v) is 6.36. The van der Waals surface area contributed by atoms with Gasteiger partial charge in [-0.3, -0.25) is 0 Å². The summed E-state index contributed by atoms with van der Waals surface area (Å²) in [6.07, 6.45) is 1.04. The summed E-state index contributed by atoms with van der Waals surface area (Å²) < 4.78 is 4.74. The van der Waals surface area contributed by atoms with E-state index in [0.717, 1.165) is 11.6 Å². The maximum Gasteiger partial charge on any atom is 0.335 e. The largest absolute Gasteiger partial charge is 0.504 e. The molecular formula is C17H16O5. The van der Waals surface area contributed by atoms with Gasteiger partial charge in [-0.25, -0.2) is 9.59 Å². The van der Waals surface area contributed by atoms with Gasteiger partial charge in [-0.1, -0.05) is 30.8 Å². The number of hydrogen-bond acceptors (Lipinski definition) is 4. The predicted octanol–water partition coefficient (Wildman–Crippen LogP) is 3.18. The molecule has 0 bridgehead atoms. The highest BCUT2D eigenvalue weighted by atomic mass is 16.5. The van der Waals surface area contributed by atoms with E-state index in [1.165, 1.54) is 12.1 Å². The van der Waals surface area contributed by atoms with Crippen molar-refractivity contribution in [2.45, 2.75) is 6.92 Å². The summed E-state index contributed by atoms with van der Waals surface area (Å²) in [5.41, 5.74) is 1.23. The van der Waals surface area contributed by atoms with E-state index in [9.17, 15) is 14.7 Å². The Hall–Kier alpha value is -3.08.